The van der Waals surface area contributed by atoms with Crippen LogP contribution in [0.2, 0.25) is 0 Å². The van der Waals surface area contributed by atoms with Crippen LogP contribution < -0.4 is 9.64 Å². The molecule has 0 bridgehead atoms. The Morgan fingerprint density at radius 2 is 1.81 bits per heavy atom. The molecule has 3 aromatic rings. The Hall–Kier alpha value is -3.45. The standard InChI is InChI=1S/C24H26N4O3/c1-27(17-18-6-4-3-5-7-18)24(29)21-16-25-22(19-8-10-20(30-2)11-9-19)26-23(21)28-12-14-31-15-13-28/h3-11,16H,12-15,17H2,1-2H3. The molecular weight excluding hydrogens is 392 g/mol. The molecule has 0 atom stereocenters. The summed E-state index contributed by atoms with van der Waals surface area (Å²) in [6.45, 7) is 3.09. The van der Waals surface area contributed by atoms with Gasteiger partial charge < -0.3 is 19.3 Å². The average molecular weight is 418 g/mol. The highest BCUT2D eigenvalue weighted by Crippen LogP contribution is 2.26. The fraction of sp³-hybridized carbons (Fsp3) is 0.292. The summed E-state index contributed by atoms with van der Waals surface area (Å²) in [5.41, 5.74) is 2.44. The fourth-order valence-electron chi connectivity index (χ4n) is 3.55. The van der Waals surface area contributed by atoms with Crippen LogP contribution in [-0.2, 0) is 11.3 Å². The topological polar surface area (TPSA) is 67.8 Å². The lowest BCUT2D eigenvalue weighted by atomic mass is 10.1. The summed E-state index contributed by atoms with van der Waals surface area (Å²) < 4.78 is 10.7. The van der Waals surface area contributed by atoms with Gasteiger partial charge >= 0.3 is 0 Å². The molecule has 1 aliphatic heterocycles. The molecule has 1 aliphatic rings. The van der Waals surface area contributed by atoms with E-state index in [-0.39, 0.29) is 5.91 Å². The smallest absolute Gasteiger partial charge is 0.259 e. The SMILES string of the molecule is COc1ccc(-c2ncc(C(=O)N(C)Cc3ccccc3)c(N3CCOCC3)n2)cc1. The van der Waals surface area contributed by atoms with E-state index in [9.17, 15) is 4.79 Å². The number of methoxy groups -OCH3 is 1. The van der Waals surface area contributed by atoms with Crippen LogP contribution >= 0.6 is 0 Å². The number of nitrogens with zero attached hydrogens (tertiary/aromatic N) is 4. The first-order valence-corrected chi connectivity index (χ1v) is 10.3. The van der Waals surface area contributed by atoms with Gasteiger partial charge in [0.05, 0.1) is 20.3 Å². The first kappa shape index (κ1) is 20.8. The Bertz CT molecular complexity index is 1020. The molecule has 7 heteroatoms. The van der Waals surface area contributed by atoms with Crippen molar-refractivity contribution < 1.29 is 14.3 Å². The van der Waals surface area contributed by atoms with Gasteiger partial charge in [0.15, 0.2) is 5.82 Å². The lowest BCUT2D eigenvalue weighted by Gasteiger charge is -2.30. The van der Waals surface area contributed by atoms with E-state index >= 15 is 0 Å². The number of morpholine rings is 1. The van der Waals surface area contributed by atoms with Crippen LogP contribution in [0, 0.1) is 0 Å². The molecule has 1 fully saturated rings. The zero-order chi connectivity index (χ0) is 21.6. The molecule has 0 spiro atoms. The molecule has 2 heterocycles. The van der Waals surface area contributed by atoms with E-state index in [4.69, 9.17) is 14.5 Å². The summed E-state index contributed by atoms with van der Waals surface area (Å²) >= 11 is 0. The average Bonchev–Trinajstić information content (AvgIpc) is 2.84. The van der Waals surface area contributed by atoms with E-state index in [1.54, 1.807) is 25.3 Å². The van der Waals surface area contributed by atoms with Crippen LogP contribution in [0.3, 0.4) is 0 Å². The third-order valence-corrected chi connectivity index (χ3v) is 5.27. The maximum absolute atomic E-state index is 13.3. The van der Waals surface area contributed by atoms with Crippen molar-refractivity contribution in [3.8, 4) is 17.1 Å². The van der Waals surface area contributed by atoms with Crippen LogP contribution in [0.4, 0.5) is 5.82 Å². The zero-order valence-electron chi connectivity index (χ0n) is 17.8. The van der Waals surface area contributed by atoms with Crippen molar-refractivity contribution in [3.63, 3.8) is 0 Å². The van der Waals surface area contributed by atoms with Crippen molar-refractivity contribution in [2.75, 3.05) is 45.4 Å². The normalized spacial score (nSPS) is 13.7. The molecule has 0 aliphatic carbocycles. The number of aromatic nitrogens is 2. The number of hydrogen-bond donors (Lipinski definition) is 0. The van der Waals surface area contributed by atoms with E-state index < -0.39 is 0 Å². The van der Waals surface area contributed by atoms with Gasteiger partial charge in [0.2, 0.25) is 0 Å². The van der Waals surface area contributed by atoms with Gasteiger partial charge in [-0.25, -0.2) is 9.97 Å². The number of anilines is 1. The number of amides is 1. The van der Waals surface area contributed by atoms with Crippen LogP contribution in [-0.4, -0.2) is 61.2 Å². The monoisotopic (exact) mass is 418 g/mol. The zero-order valence-corrected chi connectivity index (χ0v) is 17.8. The van der Waals surface area contributed by atoms with Gasteiger partial charge in [-0.3, -0.25) is 4.79 Å². The Morgan fingerprint density at radius 1 is 1.10 bits per heavy atom. The largest absolute Gasteiger partial charge is 0.497 e. The summed E-state index contributed by atoms with van der Waals surface area (Å²) in [6.07, 6.45) is 1.64. The molecule has 0 radical (unpaired) electrons. The molecule has 0 N–H and O–H groups in total. The Balaban J connectivity index is 1.66. The second-order valence-electron chi connectivity index (χ2n) is 7.41. The number of benzene rings is 2. The van der Waals surface area contributed by atoms with Crippen LogP contribution in [0.1, 0.15) is 15.9 Å². The molecular formula is C24H26N4O3. The summed E-state index contributed by atoms with van der Waals surface area (Å²) in [5, 5.41) is 0. The quantitative estimate of drug-likeness (QED) is 0.612. The van der Waals surface area contributed by atoms with Gasteiger partial charge in [0.1, 0.15) is 17.1 Å². The molecule has 31 heavy (non-hydrogen) atoms. The van der Waals surface area contributed by atoms with E-state index in [0.717, 1.165) is 16.9 Å². The van der Waals surface area contributed by atoms with Crippen molar-refractivity contribution in [1.29, 1.82) is 0 Å². The highest BCUT2D eigenvalue weighted by molar-refractivity contribution is 5.98. The summed E-state index contributed by atoms with van der Waals surface area (Å²) in [6, 6.07) is 17.5. The predicted molar refractivity (Wildman–Crippen MR) is 119 cm³/mol. The van der Waals surface area contributed by atoms with E-state index in [1.807, 2.05) is 54.6 Å². The van der Waals surface area contributed by atoms with Crippen molar-refractivity contribution >= 4 is 11.7 Å². The lowest BCUT2D eigenvalue weighted by Crippen LogP contribution is -2.39. The second kappa shape index (κ2) is 9.57. The predicted octanol–water partition coefficient (Wildman–Crippen LogP) is 3.26. The van der Waals surface area contributed by atoms with Crippen LogP contribution in [0.25, 0.3) is 11.4 Å². The summed E-state index contributed by atoms with van der Waals surface area (Å²) in [4.78, 5) is 26.4. The number of rotatable bonds is 6. The van der Waals surface area contributed by atoms with Crippen LogP contribution in [0.15, 0.2) is 60.8 Å². The minimum atomic E-state index is -0.105. The summed E-state index contributed by atoms with van der Waals surface area (Å²) in [7, 11) is 3.43. The van der Waals surface area contributed by atoms with Crippen LogP contribution in [0.5, 0.6) is 5.75 Å². The molecule has 1 aromatic heterocycles. The number of carbonyl (C=O) groups is 1. The lowest BCUT2D eigenvalue weighted by molar-refractivity contribution is 0.0783. The van der Waals surface area contributed by atoms with Crippen molar-refractivity contribution in [3.05, 3.63) is 71.9 Å². The molecule has 160 valence electrons. The van der Waals surface area contributed by atoms with E-state index in [0.29, 0.717) is 50.1 Å². The maximum atomic E-state index is 13.3. The maximum Gasteiger partial charge on any atom is 0.259 e. The fourth-order valence-corrected chi connectivity index (χ4v) is 3.55. The second-order valence-corrected chi connectivity index (χ2v) is 7.41. The summed E-state index contributed by atoms with van der Waals surface area (Å²) in [5.74, 6) is 1.89. The van der Waals surface area contributed by atoms with Crippen molar-refractivity contribution in [2.45, 2.75) is 6.54 Å². The van der Waals surface area contributed by atoms with Gasteiger partial charge in [-0.2, -0.15) is 0 Å². The highest BCUT2D eigenvalue weighted by atomic mass is 16.5. The minimum absolute atomic E-state index is 0.105. The van der Waals surface area contributed by atoms with E-state index in [2.05, 4.69) is 9.88 Å². The number of hydrogen-bond acceptors (Lipinski definition) is 6. The Kier molecular flexibility index (Phi) is 6.43. The molecule has 1 amide bonds. The molecule has 1 saturated heterocycles. The molecule has 4 rings (SSSR count). The third kappa shape index (κ3) is 4.83. The molecule has 0 unspecified atom stereocenters. The number of ether oxygens (including phenoxy) is 2. The third-order valence-electron chi connectivity index (χ3n) is 5.27. The first-order chi connectivity index (χ1) is 15.2. The number of carbonyl (C=O) groups excluding carboxylic acids is 1. The van der Waals surface area contributed by atoms with Gasteiger partial charge in [0, 0.05) is 38.4 Å². The van der Waals surface area contributed by atoms with Gasteiger partial charge in [-0.05, 0) is 29.8 Å². The molecule has 7 nitrogen and oxygen atoms in total. The van der Waals surface area contributed by atoms with Crippen molar-refractivity contribution in [2.24, 2.45) is 0 Å². The van der Waals surface area contributed by atoms with Crippen molar-refractivity contribution in [1.82, 2.24) is 14.9 Å². The van der Waals surface area contributed by atoms with Gasteiger partial charge in [-0.1, -0.05) is 30.3 Å². The highest BCUT2D eigenvalue weighted by Gasteiger charge is 2.24. The van der Waals surface area contributed by atoms with Gasteiger partial charge in [-0.15, -0.1) is 0 Å². The molecule has 0 saturated carbocycles. The minimum Gasteiger partial charge on any atom is -0.497 e. The van der Waals surface area contributed by atoms with Gasteiger partial charge in [0.25, 0.3) is 5.91 Å². The Labute approximate surface area is 182 Å². The molecule has 2 aromatic carbocycles. The Morgan fingerprint density at radius 3 is 2.48 bits per heavy atom. The first-order valence-electron chi connectivity index (χ1n) is 10.3. The van der Waals surface area contributed by atoms with E-state index in [1.165, 1.54) is 0 Å².